The first-order chi connectivity index (χ1) is 12.2. The zero-order valence-corrected chi connectivity index (χ0v) is 15.4. The summed E-state index contributed by atoms with van der Waals surface area (Å²) < 4.78 is 5.80. The molecule has 0 aliphatic carbocycles. The minimum Gasteiger partial charge on any atom is -0.488 e. The Bertz CT molecular complexity index is 763. The van der Waals surface area contributed by atoms with Crippen molar-refractivity contribution in [2.75, 3.05) is 19.6 Å². The van der Waals surface area contributed by atoms with Crippen LogP contribution in [0.2, 0.25) is 0 Å². The minimum absolute atomic E-state index is 0.0609. The van der Waals surface area contributed by atoms with Gasteiger partial charge in [-0.3, -0.25) is 4.79 Å². The van der Waals surface area contributed by atoms with Gasteiger partial charge in [0.1, 0.15) is 12.4 Å². The summed E-state index contributed by atoms with van der Waals surface area (Å²) in [5.74, 6) is 0.970. The van der Waals surface area contributed by atoms with Crippen molar-refractivity contribution in [1.82, 2.24) is 10.2 Å². The van der Waals surface area contributed by atoms with Gasteiger partial charge in [-0.2, -0.15) is 0 Å². The van der Waals surface area contributed by atoms with Gasteiger partial charge in [0.2, 0.25) is 0 Å². The fourth-order valence-electron chi connectivity index (χ4n) is 3.69. The number of nitrogens with one attached hydrogen (secondary N) is 1. The average molecular weight is 356 g/mol. The second-order valence-corrected chi connectivity index (χ2v) is 7.89. The highest BCUT2D eigenvalue weighted by Gasteiger charge is 2.25. The molecule has 1 saturated heterocycles. The first kappa shape index (κ1) is 16.6. The third kappa shape index (κ3) is 3.44. The summed E-state index contributed by atoms with van der Waals surface area (Å²) >= 11 is 1.58. The molecule has 5 heteroatoms. The van der Waals surface area contributed by atoms with Crippen LogP contribution >= 0.6 is 11.3 Å². The second-order valence-electron chi connectivity index (χ2n) is 6.84. The highest BCUT2D eigenvalue weighted by atomic mass is 32.1. The third-order valence-corrected chi connectivity index (χ3v) is 6.22. The van der Waals surface area contributed by atoms with Crippen molar-refractivity contribution in [3.05, 3.63) is 40.8 Å². The van der Waals surface area contributed by atoms with Crippen molar-refractivity contribution in [3.8, 4) is 16.2 Å². The fraction of sp³-hybridized carbons (Fsp3) is 0.450. The number of thiophene rings is 1. The van der Waals surface area contributed by atoms with Gasteiger partial charge in [-0.1, -0.05) is 19.1 Å². The molecule has 2 aliphatic rings. The number of fused-ring (bicyclic) bond motifs is 3. The molecule has 0 atom stereocenters. The van der Waals surface area contributed by atoms with Crippen LogP contribution in [0.25, 0.3) is 10.4 Å². The van der Waals surface area contributed by atoms with E-state index in [1.165, 1.54) is 11.3 Å². The van der Waals surface area contributed by atoms with E-state index in [0.717, 1.165) is 54.2 Å². The van der Waals surface area contributed by atoms with Gasteiger partial charge in [0.15, 0.2) is 0 Å². The molecule has 1 fully saturated rings. The summed E-state index contributed by atoms with van der Waals surface area (Å²) in [6.07, 6.45) is 3.28. The topological polar surface area (TPSA) is 41.6 Å². The van der Waals surface area contributed by atoms with Crippen LogP contribution in [0.4, 0.5) is 0 Å². The Morgan fingerprint density at radius 2 is 2.12 bits per heavy atom. The van der Waals surface area contributed by atoms with Gasteiger partial charge in [-0.15, -0.1) is 11.3 Å². The monoisotopic (exact) mass is 356 g/mol. The van der Waals surface area contributed by atoms with E-state index in [0.29, 0.717) is 12.6 Å². The first-order valence-corrected chi connectivity index (χ1v) is 9.94. The van der Waals surface area contributed by atoms with E-state index >= 15 is 0 Å². The molecule has 1 aromatic carbocycles. The van der Waals surface area contributed by atoms with E-state index in [1.54, 1.807) is 11.3 Å². The predicted molar refractivity (Wildman–Crippen MR) is 101 cm³/mol. The molecular formula is C20H24N2O2S. The van der Waals surface area contributed by atoms with Gasteiger partial charge >= 0.3 is 0 Å². The maximum atomic E-state index is 12.7. The summed E-state index contributed by atoms with van der Waals surface area (Å²) in [5.41, 5.74) is 2.22. The van der Waals surface area contributed by atoms with Crippen molar-refractivity contribution >= 4 is 17.2 Å². The molecule has 0 spiro atoms. The van der Waals surface area contributed by atoms with E-state index in [-0.39, 0.29) is 5.91 Å². The highest BCUT2D eigenvalue weighted by Crippen LogP contribution is 2.42. The standard InChI is InChI=1S/C20H24N2O2S/c1-2-9-22-10-7-15(8-11-22)21-20(23)18-12-14-13-24-17-6-4-3-5-16(17)19(14)25-18/h3-6,12,15H,2,7-11,13H2,1H3,(H,21,23). The predicted octanol–water partition coefficient (Wildman–Crippen LogP) is 3.91. The summed E-state index contributed by atoms with van der Waals surface area (Å²) in [6.45, 7) is 6.10. The SMILES string of the molecule is CCCN1CCC(NC(=O)c2cc3c(s2)-c2ccccc2OC3)CC1. The number of nitrogens with zero attached hydrogens (tertiary/aromatic N) is 1. The summed E-state index contributed by atoms with van der Waals surface area (Å²) in [6, 6.07) is 10.3. The van der Waals surface area contributed by atoms with Gasteiger partial charge < -0.3 is 15.0 Å². The molecule has 0 saturated carbocycles. The summed E-state index contributed by atoms with van der Waals surface area (Å²) in [7, 11) is 0. The van der Waals surface area contributed by atoms with E-state index in [2.05, 4.69) is 23.2 Å². The highest BCUT2D eigenvalue weighted by molar-refractivity contribution is 7.17. The van der Waals surface area contributed by atoms with Crippen LogP contribution in [0.1, 0.15) is 41.4 Å². The van der Waals surface area contributed by atoms with E-state index in [1.807, 2.05) is 24.3 Å². The lowest BCUT2D eigenvalue weighted by atomic mass is 10.0. The number of amides is 1. The lowest BCUT2D eigenvalue weighted by Crippen LogP contribution is -2.44. The smallest absolute Gasteiger partial charge is 0.261 e. The molecule has 1 amide bonds. The Balaban J connectivity index is 1.44. The van der Waals surface area contributed by atoms with Crippen LogP contribution < -0.4 is 10.1 Å². The quantitative estimate of drug-likeness (QED) is 0.903. The van der Waals surface area contributed by atoms with Gasteiger partial charge in [0.05, 0.1) is 4.88 Å². The number of para-hydroxylation sites is 1. The molecule has 25 heavy (non-hydrogen) atoms. The molecule has 132 valence electrons. The first-order valence-electron chi connectivity index (χ1n) is 9.12. The van der Waals surface area contributed by atoms with Crippen molar-refractivity contribution in [2.24, 2.45) is 0 Å². The lowest BCUT2D eigenvalue weighted by molar-refractivity contribution is 0.0915. The Hall–Kier alpha value is -1.85. The Morgan fingerprint density at radius 3 is 2.92 bits per heavy atom. The Morgan fingerprint density at radius 1 is 1.32 bits per heavy atom. The molecule has 1 aromatic heterocycles. The number of carbonyl (C=O) groups excluding carboxylic acids is 1. The molecule has 4 nitrogen and oxygen atoms in total. The molecule has 0 unspecified atom stereocenters. The van der Waals surface area contributed by atoms with E-state index in [9.17, 15) is 4.79 Å². The third-order valence-electron chi connectivity index (χ3n) is 5.01. The van der Waals surface area contributed by atoms with Crippen LogP contribution in [0, 0.1) is 0 Å². The van der Waals surface area contributed by atoms with Crippen LogP contribution in [0.5, 0.6) is 5.75 Å². The normalized spacial score (nSPS) is 17.5. The average Bonchev–Trinajstić information content (AvgIpc) is 3.08. The number of hydrogen-bond acceptors (Lipinski definition) is 4. The molecule has 2 aliphatic heterocycles. The van der Waals surface area contributed by atoms with Crippen LogP contribution in [0.15, 0.2) is 30.3 Å². The van der Waals surface area contributed by atoms with Crippen LogP contribution in [0.3, 0.4) is 0 Å². The number of carbonyl (C=O) groups is 1. The Labute approximate surface area is 152 Å². The lowest BCUT2D eigenvalue weighted by Gasteiger charge is -2.31. The van der Waals surface area contributed by atoms with E-state index in [4.69, 9.17) is 4.74 Å². The molecule has 3 heterocycles. The van der Waals surface area contributed by atoms with Crippen molar-refractivity contribution in [1.29, 1.82) is 0 Å². The number of benzene rings is 1. The number of ether oxygens (including phenoxy) is 1. The largest absolute Gasteiger partial charge is 0.488 e. The molecule has 0 bridgehead atoms. The molecule has 0 radical (unpaired) electrons. The van der Waals surface area contributed by atoms with Crippen molar-refractivity contribution in [3.63, 3.8) is 0 Å². The maximum Gasteiger partial charge on any atom is 0.261 e. The summed E-state index contributed by atoms with van der Waals surface area (Å²) in [5, 5.41) is 3.23. The second kappa shape index (κ2) is 7.18. The van der Waals surface area contributed by atoms with Gasteiger partial charge in [-0.05, 0) is 44.0 Å². The zero-order chi connectivity index (χ0) is 17.2. The fourth-order valence-corrected chi connectivity index (χ4v) is 4.79. The van der Waals surface area contributed by atoms with Crippen molar-refractivity contribution in [2.45, 2.75) is 38.8 Å². The van der Waals surface area contributed by atoms with Crippen molar-refractivity contribution < 1.29 is 9.53 Å². The molecule has 2 aromatic rings. The number of rotatable bonds is 4. The van der Waals surface area contributed by atoms with Crippen LogP contribution in [-0.2, 0) is 6.61 Å². The number of likely N-dealkylation sites (tertiary alicyclic amines) is 1. The van der Waals surface area contributed by atoms with E-state index < -0.39 is 0 Å². The molecular weight excluding hydrogens is 332 g/mol. The summed E-state index contributed by atoms with van der Waals surface area (Å²) in [4.78, 5) is 17.1. The van der Waals surface area contributed by atoms with Crippen LogP contribution in [-0.4, -0.2) is 36.5 Å². The molecule has 1 N–H and O–H groups in total. The minimum atomic E-state index is 0.0609. The Kier molecular flexibility index (Phi) is 4.77. The maximum absolute atomic E-state index is 12.7. The van der Waals surface area contributed by atoms with Gasteiger partial charge in [-0.25, -0.2) is 0 Å². The number of piperidine rings is 1. The van der Waals surface area contributed by atoms with Gasteiger partial charge in [0, 0.05) is 35.1 Å². The van der Waals surface area contributed by atoms with Gasteiger partial charge in [0.25, 0.3) is 5.91 Å². The zero-order valence-electron chi connectivity index (χ0n) is 14.6. The molecule has 4 rings (SSSR count). The number of hydrogen-bond donors (Lipinski definition) is 1.